The number of hydrogen-bond acceptors (Lipinski definition) is 4. The van der Waals surface area contributed by atoms with Crippen molar-refractivity contribution in [2.75, 3.05) is 0 Å². The number of carbonyl (C=O) groups is 1. The average molecular weight is 184 g/mol. The van der Waals surface area contributed by atoms with Crippen LogP contribution >= 0.6 is 0 Å². The van der Waals surface area contributed by atoms with Gasteiger partial charge in [-0.25, -0.2) is 4.79 Å². The van der Waals surface area contributed by atoms with Gasteiger partial charge < -0.3 is 9.63 Å². The first-order valence-corrected chi connectivity index (χ1v) is 4.05. The molecule has 5 nitrogen and oxygen atoms in total. The molecule has 0 bridgehead atoms. The molecule has 0 saturated carbocycles. The Labute approximate surface area is 75.8 Å². The highest BCUT2D eigenvalue weighted by molar-refractivity contribution is 5.82. The Kier molecular flexibility index (Phi) is 2.36. The third-order valence-electron chi connectivity index (χ3n) is 2.08. The molecule has 0 saturated heterocycles. The van der Waals surface area contributed by atoms with Crippen molar-refractivity contribution < 1.29 is 14.4 Å². The molecule has 0 aromatic carbocycles. The Bertz CT molecular complexity index is 317. The van der Waals surface area contributed by atoms with Crippen molar-refractivity contribution in [2.45, 2.75) is 32.6 Å². The summed E-state index contributed by atoms with van der Waals surface area (Å²) in [5.74, 6) is -1.08. The SMILES string of the molecule is CCC(C)(C)c1nc(C(=O)O)no1. The highest BCUT2D eigenvalue weighted by Crippen LogP contribution is 2.24. The molecule has 0 aliphatic carbocycles. The van der Waals surface area contributed by atoms with Crippen LogP contribution in [0.15, 0.2) is 4.52 Å². The largest absolute Gasteiger partial charge is 0.475 e. The molecule has 0 radical (unpaired) electrons. The summed E-state index contributed by atoms with van der Waals surface area (Å²) >= 11 is 0. The molecule has 1 aromatic rings. The van der Waals surface area contributed by atoms with Crippen molar-refractivity contribution in [3.63, 3.8) is 0 Å². The topological polar surface area (TPSA) is 76.2 Å². The van der Waals surface area contributed by atoms with E-state index in [0.717, 1.165) is 6.42 Å². The number of aromatic carboxylic acids is 1. The van der Waals surface area contributed by atoms with Crippen LogP contribution in [0.2, 0.25) is 0 Å². The molecule has 1 rings (SSSR count). The van der Waals surface area contributed by atoms with E-state index in [1.165, 1.54) is 0 Å². The lowest BCUT2D eigenvalue weighted by Crippen LogP contribution is -2.16. The van der Waals surface area contributed by atoms with Crippen LogP contribution in [0.4, 0.5) is 0 Å². The van der Waals surface area contributed by atoms with Gasteiger partial charge in [0.1, 0.15) is 0 Å². The molecule has 0 fully saturated rings. The van der Waals surface area contributed by atoms with E-state index in [0.29, 0.717) is 5.89 Å². The van der Waals surface area contributed by atoms with Crippen LogP contribution in [0, 0.1) is 0 Å². The van der Waals surface area contributed by atoms with Crippen LogP contribution in [0.3, 0.4) is 0 Å². The zero-order chi connectivity index (χ0) is 10.1. The molecule has 0 amide bonds. The fourth-order valence-electron chi connectivity index (χ4n) is 0.736. The molecule has 1 aromatic heterocycles. The highest BCUT2D eigenvalue weighted by Gasteiger charge is 2.26. The summed E-state index contributed by atoms with van der Waals surface area (Å²) < 4.78 is 4.84. The standard InChI is InChI=1S/C8H12N2O3/c1-4-8(2,3)7-9-5(6(11)12)10-13-7/h4H2,1-3H3,(H,11,12). The van der Waals surface area contributed by atoms with Gasteiger partial charge in [0.05, 0.1) is 0 Å². The third-order valence-corrected chi connectivity index (χ3v) is 2.08. The van der Waals surface area contributed by atoms with E-state index in [9.17, 15) is 4.79 Å². The molecule has 0 unspecified atom stereocenters. The van der Waals surface area contributed by atoms with Gasteiger partial charge in [0.2, 0.25) is 5.89 Å². The average Bonchev–Trinajstić information content (AvgIpc) is 2.52. The normalized spacial score (nSPS) is 11.6. The number of nitrogens with zero attached hydrogens (tertiary/aromatic N) is 2. The van der Waals surface area contributed by atoms with Gasteiger partial charge in [0.15, 0.2) is 0 Å². The van der Waals surface area contributed by atoms with Crippen molar-refractivity contribution in [2.24, 2.45) is 0 Å². The van der Waals surface area contributed by atoms with Crippen molar-refractivity contribution >= 4 is 5.97 Å². The van der Waals surface area contributed by atoms with Crippen LogP contribution in [0.1, 0.15) is 43.7 Å². The van der Waals surface area contributed by atoms with Crippen LogP contribution in [-0.4, -0.2) is 21.2 Å². The van der Waals surface area contributed by atoms with Gasteiger partial charge in [0.25, 0.3) is 5.82 Å². The van der Waals surface area contributed by atoms with Gasteiger partial charge >= 0.3 is 5.97 Å². The summed E-state index contributed by atoms with van der Waals surface area (Å²) in [5, 5.41) is 11.9. The maximum Gasteiger partial charge on any atom is 0.377 e. The Balaban J connectivity index is 2.98. The molecule has 0 spiro atoms. The van der Waals surface area contributed by atoms with Crippen molar-refractivity contribution in [3.05, 3.63) is 11.7 Å². The maximum absolute atomic E-state index is 10.4. The van der Waals surface area contributed by atoms with Gasteiger partial charge in [-0.15, -0.1) is 0 Å². The minimum atomic E-state index is -1.16. The molecule has 1 N–H and O–H groups in total. The first-order valence-electron chi connectivity index (χ1n) is 4.05. The minimum Gasteiger partial charge on any atom is -0.475 e. The second-order valence-electron chi connectivity index (χ2n) is 3.47. The Morgan fingerprint density at radius 2 is 2.23 bits per heavy atom. The predicted molar refractivity (Wildman–Crippen MR) is 44.6 cm³/mol. The summed E-state index contributed by atoms with van der Waals surface area (Å²) in [6.45, 7) is 5.82. The Morgan fingerprint density at radius 1 is 1.62 bits per heavy atom. The molecular weight excluding hydrogens is 172 g/mol. The first kappa shape index (κ1) is 9.70. The summed E-state index contributed by atoms with van der Waals surface area (Å²) in [6, 6.07) is 0. The zero-order valence-electron chi connectivity index (χ0n) is 7.87. The van der Waals surface area contributed by atoms with Crippen LogP contribution in [-0.2, 0) is 5.41 Å². The fraction of sp³-hybridized carbons (Fsp3) is 0.625. The monoisotopic (exact) mass is 184 g/mol. The van der Waals surface area contributed by atoms with E-state index in [2.05, 4.69) is 10.1 Å². The van der Waals surface area contributed by atoms with Crippen LogP contribution in [0.5, 0.6) is 0 Å². The van der Waals surface area contributed by atoms with E-state index in [1.54, 1.807) is 0 Å². The molecule has 72 valence electrons. The Morgan fingerprint density at radius 3 is 2.62 bits per heavy atom. The summed E-state index contributed by atoms with van der Waals surface area (Å²) in [4.78, 5) is 14.2. The number of carboxylic acid groups (broad SMARTS) is 1. The Hall–Kier alpha value is -1.39. The lowest BCUT2D eigenvalue weighted by molar-refractivity contribution is 0.0680. The zero-order valence-corrected chi connectivity index (χ0v) is 7.87. The quantitative estimate of drug-likeness (QED) is 0.769. The smallest absolute Gasteiger partial charge is 0.377 e. The maximum atomic E-state index is 10.4. The molecule has 0 aliphatic heterocycles. The van der Waals surface area contributed by atoms with Crippen LogP contribution < -0.4 is 0 Å². The molecule has 0 aliphatic rings. The van der Waals surface area contributed by atoms with Gasteiger partial charge in [0, 0.05) is 5.41 Å². The number of aromatic nitrogens is 2. The second-order valence-corrected chi connectivity index (χ2v) is 3.47. The van der Waals surface area contributed by atoms with Crippen molar-refractivity contribution in [1.82, 2.24) is 10.1 Å². The number of hydrogen-bond donors (Lipinski definition) is 1. The van der Waals surface area contributed by atoms with Gasteiger partial charge in [-0.3, -0.25) is 0 Å². The lowest BCUT2D eigenvalue weighted by Gasteiger charge is -2.15. The predicted octanol–water partition coefficient (Wildman–Crippen LogP) is 1.46. The number of rotatable bonds is 3. The van der Waals surface area contributed by atoms with Crippen molar-refractivity contribution in [3.8, 4) is 0 Å². The van der Waals surface area contributed by atoms with E-state index in [-0.39, 0.29) is 11.2 Å². The molecule has 13 heavy (non-hydrogen) atoms. The van der Waals surface area contributed by atoms with Crippen molar-refractivity contribution in [1.29, 1.82) is 0 Å². The molecular formula is C8H12N2O3. The van der Waals surface area contributed by atoms with E-state index < -0.39 is 5.97 Å². The van der Waals surface area contributed by atoms with E-state index in [1.807, 2.05) is 20.8 Å². The van der Waals surface area contributed by atoms with E-state index in [4.69, 9.17) is 9.63 Å². The summed E-state index contributed by atoms with van der Waals surface area (Å²) in [6.07, 6.45) is 0.814. The minimum absolute atomic E-state index is 0.263. The molecule has 0 atom stereocenters. The summed E-state index contributed by atoms with van der Waals surface area (Å²) in [5.41, 5.74) is -0.263. The molecule has 1 heterocycles. The van der Waals surface area contributed by atoms with Gasteiger partial charge in [-0.05, 0) is 11.6 Å². The van der Waals surface area contributed by atoms with Gasteiger partial charge in [-0.2, -0.15) is 4.98 Å². The third kappa shape index (κ3) is 1.85. The molecule has 5 heteroatoms. The number of carboxylic acids is 1. The second kappa shape index (κ2) is 3.16. The van der Waals surface area contributed by atoms with E-state index >= 15 is 0 Å². The first-order chi connectivity index (χ1) is 5.97. The lowest BCUT2D eigenvalue weighted by atomic mass is 9.90. The summed E-state index contributed by atoms with van der Waals surface area (Å²) in [7, 11) is 0. The van der Waals surface area contributed by atoms with Gasteiger partial charge in [-0.1, -0.05) is 20.8 Å². The highest BCUT2D eigenvalue weighted by atomic mass is 16.5. The fourth-order valence-corrected chi connectivity index (χ4v) is 0.736. The van der Waals surface area contributed by atoms with Crippen LogP contribution in [0.25, 0.3) is 0 Å².